The Hall–Kier alpha value is -2.80. The highest BCUT2D eigenvalue weighted by Gasteiger charge is 2.29. The number of carbonyl (C=O) groups excluding carboxylic acids is 2. The summed E-state index contributed by atoms with van der Waals surface area (Å²) >= 11 is 0. The Morgan fingerprint density at radius 1 is 0.912 bits per heavy atom. The maximum atomic E-state index is 12.1. The Bertz CT molecular complexity index is 892. The molecule has 0 aliphatic heterocycles. The molecule has 7 heteroatoms. The maximum Gasteiger partial charge on any atom is 0.320 e. The van der Waals surface area contributed by atoms with E-state index in [-0.39, 0.29) is 13.2 Å². The van der Waals surface area contributed by atoms with Gasteiger partial charge in [-0.05, 0) is 62.1 Å². The summed E-state index contributed by atoms with van der Waals surface area (Å²) < 4.78 is 21.6. The van der Waals surface area contributed by atoms with Gasteiger partial charge in [-0.3, -0.25) is 9.59 Å². The molecule has 0 heterocycles. The molecule has 0 atom stereocenters. The first kappa shape index (κ1) is 27.4. The third kappa shape index (κ3) is 8.20. The first-order chi connectivity index (χ1) is 16.3. The number of carbonyl (C=O) groups is 2. The van der Waals surface area contributed by atoms with E-state index in [1.807, 2.05) is 36.4 Å². The highest BCUT2D eigenvalue weighted by molar-refractivity contribution is 6.90. The van der Waals surface area contributed by atoms with Crippen LogP contribution in [-0.4, -0.2) is 46.9 Å². The molecule has 0 radical (unpaired) electrons. The monoisotopic (exact) mass is 486 g/mol. The van der Waals surface area contributed by atoms with Gasteiger partial charge in [-0.15, -0.1) is 0 Å². The van der Waals surface area contributed by atoms with Crippen molar-refractivity contribution in [3.63, 3.8) is 0 Å². The molecule has 0 amide bonds. The van der Waals surface area contributed by atoms with Gasteiger partial charge in [0.25, 0.3) is 0 Å². The van der Waals surface area contributed by atoms with Crippen LogP contribution in [-0.2, 0) is 25.5 Å². The van der Waals surface area contributed by atoms with Crippen LogP contribution in [0, 0.1) is 5.92 Å². The van der Waals surface area contributed by atoms with Crippen LogP contribution in [0.25, 0.3) is 0 Å². The van der Waals surface area contributed by atoms with E-state index in [4.69, 9.17) is 18.9 Å². The zero-order valence-electron chi connectivity index (χ0n) is 21.1. The van der Waals surface area contributed by atoms with E-state index in [1.165, 1.54) is 5.19 Å². The number of hydrogen-bond acceptors (Lipinski definition) is 6. The molecule has 0 saturated heterocycles. The fourth-order valence-corrected chi connectivity index (χ4v) is 6.62. The molecule has 0 unspecified atom stereocenters. The molecule has 2 aromatic rings. The molecule has 0 fully saturated rings. The van der Waals surface area contributed by atoms with Crippen molar-refractivity contribution in [2.24, 2.45) is 5.92 Å². The van der Waals surface area contributed by atoms with Crippen LogP contribution in [0.5, 0.6) is 11.5 Å². The van der Waals surface area contributed by atoms with Crippen LogP contribution < -0.4 is 14.7 Å². The number of aryl methyl sites for hydroxylation is 1. The zero-order chi connectivity index (χ0) is 25.0. The second-order valence-electron chi connectivity index (χ2n) is 8.78. The normalized spacial score (nSPS) is 11.2. The van der Waals surface area contributed by atoms with Gasteiger partial charge >= 0.3 is 11.9 Å². The number of benzene rings is 2. The van der Waals surface area contributed by atoms with Crippen molar-refractivity contribution in [2.75, 3.05) is 26.9 Å². The molecule has 0 spiro atoms. The minimum Gasteiger partial charge on any atom is -0.497 e. The molecule has 2 rings (SSSR count). The summed E-state index contributed by atoms with van der Waals surface area (Å²) in [5.41, 5.74) is 1.02. The Kier molecular flexibility index (Phi) is 11.1. The summed E-state index contributed by atoms with van der Waals surface area (Å²) in [5.74, 6) is -0.163. The summed E-state index contributed by atoms with van der Waals surface area (Å²) in [7, 11) is 0.101. The Morgan fingerprint density at radius 3 is 2.12 bits per heavy atom. The van der Waals surface area contributed by atoms with Crippen molar-refractivity contribution in [3.05, 3.63) is 54.1 Å². The van der Waals surface area contributed by atoms with Crippen molar-refractivity contribution < 1.29 is 28.5 Å². The van der Waals surface area contributed by atoms with Gasteiger partial charge in [0.1, 0.15) is 11.5 Å². The molecule has 0 saturated carbocycles. The van der Waals surface area contributed by atoms with Gasteiger partial charge < -0.3 is 18.9 Å². The van der Waals surface area contributed by atoms with Crippen molar-refractivity contribution >= 4 is 25.2 Å². The molecular formula is C27H38O6Si. The van der Waals surface area contributed by atoms with E-state index >= 15 is 0 Å². The highest BCUT2D eigenvalue weighted by Crippen LogP contribution is 2.21. The van der Waals surface area contributed by atoms with Crippen molar-refractivity contribution in [2.45, 2.75) is 52.2 Å². The first-order valence-electron chi connectivity index (χ1n) is 12.0. The van der Waals surface area contributed by atoms with E-state index in [9.17, 15) is 9.59 Å². The van der Waals surface area contributed by atoms with Crippen molar-refractivity contribution in [3.8, 4) is 11.5 Å². The molecule has 6 nitrogen and oxygen atoms in total. The third-order valence-corrected chi connectivity index (χ3v) is 9.31. The molecule has 0 aliphatic carbocycles. The summed E-state index contributed by atoms with van der Waals surface area (Å²) in [4.78, 5) is 24.3. The molecular weight excluding hydrogens is 448 g/mol. The maximum absolute atomic E-state index is 12.1. The van der Waals surface area contributed by atoms with E-state index in [0.29, 0.717) is 19.4 Å². The average Bonchev–Trinajstić information content (AvgIpc) is 2.83. The Morgan fingerprint density at radius 2 is 1.53 bits per heavy atom. The van der Waals surface area contributed by atoms with Gasteiger partial charge in [-0.1, -0.05) is 49.5 Å². The Balaban J connectivity index is 1.84. The van der Waals surface area contributed by atoms with Crippen LogP contribution >= 0.6 is 0 Å². The Labute approximate surface area is 204 Å². The van der Waals surface area contributed by atoms with Gasteiger partial charge in [-0.25, -0.2) is 0 Å². The van der Waals surface area contributed by atoms with Crippen LogP contribution in [0.1, 0.15) is 32.3 Å². The molecule has 2 aromatic carbocycles. The third-order valence-electron chi connectivity index (χ3n) is 5.84. The average molecular weight is 487 g/mol. The fourth-order valence-electron chi connectivity index (χ4n) is 3.92. The lowest BCUT2D eigenvalue weighted by atomic mass is 9.99. The van der Waals surface area contributed by atoms with Gasteiger partial charge in [0.05, 0.1) is 35.0 Å². The van der Waals surface area contributed by atoms with Crippen molar-refractivity contribution in [1.29, 1.82) is 0 Å². The molecule has 186 valence electrons. The quantitative estimate of drug-likeness (QED) is 0.166. The van der Waals surface area contributed by atoms with E-state index in [2.05, 4.69) is 25.2 Å². The van der Waals surface area contributed by atoms with Gasteiger partial charge in [0.2, 0.25) is 0 Å². The summed E-state index contributed by atoms with van der Waals surface area (Å²) in [6.45, 7) is 9.29. The fraction of sp³-hybridized carbons (Fsp3) is 0.481. The second-order valence-corrected chi connectivity index (χ2v) is 13.6. The summed E-state index contributed by atoms with van der Waals surface area (Å²) in [6.07, 6.45) is 1.89. The topological polar surface area (TPSA) is 71.1 Å². The number of methoxy groups -OCH3 is 1. The van der Waals surface area contributed by atoms with Crippen LogP contribution in [0.2, 0.25) is 19.1 Å². The van der Waals surface area contributed by atoms with Crippen LogP contribution in [0.4, 0.5) is 0 Å². The second kappa shape index (κ2) is 13.8. The van der Waals surface area contributed by atoms with Crippen LogP contribution in [0.15, 0.2) is 48.5 Å². The molecule has 0 aromatic heterocycles. The number of hydrogen-bond donors (Lipinski definition) is 0. The lowest BCUT2D eigenvalue weighted by Gasteiger charge is -2.25. The molecule has 0 bridgehead atoms. The van der Waals surface area contributed by atoms with E-state index < -0.39 is 25.9 Å². The van der Waals surface area contributed by atoms with Gasteiger partial charge in [-0.2, -0.15) is 0 Å². The number of esters is 2. The minimum atomic E-state index is -1.63. The molecule has 0 aliphatic rings. The summed E-state index contributed by atoms with van der Waals surface area (Å²) in [6, 6.07) is 17.2. The zero-order valence-corrected chi connectivity index (χ0v) is 22.1. The lowest BCUT2D eigenvalue weighted by molar-refractivity contribution is -0.161. The number of rotatable bonds is 14. The summed E-state index contributed by atoms with van der Waals surface area (Å²) in [5, 5.41) is 1.34. The van der Waals surface area contributed by atoms with Gasteiger partial charge in [0, 0.05) is 0 Å². The van der Waals surface area contributed by atoms with Crippen LogP contribution in [0.3, 0.4) is 0 Å². The SMILES string of the molecule is CCOC(=O)C(CCc1ccc(OCCC[Si](C)(C)c2ccccc2OC)cc1)C(=O)OCC. The largest absolute Gasteiger partial charge is 0.497 e. The van der Waals surface area contributed by atoms with E-state index in [1.54, 1.807) is 21.0 Å². The van der Waals surface area contributed by atoms with Crippen molar-refractivity contribution in [1.82, 2.24) is 0 Å². The number of para-hydroxylation sites is 1. The minimum absolute atomic E-state index is 0.235. The predicted octanol–water partition coefficient (Wildman–Crippen LogP) is 4.75. The molecule has 34 heavy (non-hydrogen) atoms. The predicted molar refractivity (Wildman–Crippen MR) is 137 cm³/mol. The standard InChI is InChI=1S/C27H38O6Si/c1-6-31-26(28)23(27(29)32-7-2)18-15-21-13-16-22(17-14-21)33-19-10-20-34(4,5)25-12-9-8-11-24(25)30-3/h8-9,11-14,16-17,23H,6-7,10,15,18-20H2,1-5H3. The highest BCUT2D eigenvalue weighted by atomic mass is 28.3. The number of ether oxygens (including phenoxy) is 4. The van der Waals surface area contributed by atoms with E-state index in [0.717, 1.165) is 29.5 Å². The smallest absolute Gasteiger partial charge is 0.320 e. The van der Waals surface area contributed by atoms with Gasteiger partial charge in [0.15, 0.2) is 5.92 Å². The molecule has 0 N–H and O–H groups in total. The lowest BCUT2D eigenvalue weighted by Crippen LogP contribution is -2.42. The first-order valence-corrected chi connectivity index (χ1v) is 15.2.